The normalized spacial score (nSPS) is 10.8. The molecule has 3 rings (SSSR count). The standard InChI is InChI=1S/C24H26O2/c1-19-8-3-5-12-23(19)17-25-15-21-10-7-11-22(14-21)16-26-18-24-13-6-4-9-20(24)2/h3-14H,15-18H2,1-2H3. The lowest BCUT2D eigenvalue weighted by Crippen LogP contribution is -1.99. The molecular formula is C24H26O2. The molecule has 0 bridgehead atoms. The smallest absolute Gasteiger partial charge is 0.0724 e. The third-order valence-electron chi connectivity index (χ3n) is 4.57. The molecule has 0 saturated heterocycles. The Morgan fingerprint density at radius 3 is 1.46 bits per heavy atom. The SMILES string of the molecule is Cc1ccccc1COCc1cccc(COCc2ccccc2C)c1. The zero-order valence-corrected chi connectivity index (χ0v) is 15.6. The van der Waals surface area contributed by atoms with Crippen LogP contribution in [0.5, 0.6) is 0 Å². The van der Waals surface area contributed by atoms with Gasteiger partial charge in [0, 0.05) is 0 Å². The van der Waals surface area contributed by atoms with Crippen molar-refractivity contribution < 1.29 is 9.47 Å². The van der Waals surface area contributed by atoms with Gasteiger partial charge >= 0.3 is 0 Å². The lowest BCUT2D eigenvalue weighted by molar-refractivity contribution is 0.103. The molecule has 0 radical (unpaired) electrons. The molecule has 0 fully saturated rings. The van der Waals surface area contributed by atoms with Crippen LogP contribution < -0.4 is 0 Å². The first-order chi connectivity index (χ1) is 12.7. The van der Waals surface area contributed by atoms with Gasteiger partial charge in [0.25, 0.3) is 0 Å². The topological polar surface area (TPSA) is 18.5 Å². The summed E-state index contributed by atoms with van der Waals surface area (Å²) in [6.45, 7) is 6.73. The first-order valence-corrected chi connectivity index (χ1v) is 9.04. The van der Waals surface area contributed by atoms with Crippen LogP contribution in [-0.2, 0) is 35.9 Å². The maximum Gasteiger partial charge on any atom is 0.0724 e. The Morgan fingerprint density at radius 1 is 0.538 bits per heavy atom. The van der Waals surface area contributed by atoms with E-state index in [0.29, 0.717) is 26.4 Å². The van der Waals surface area contributed by atoms with Crippen LogP contribution in [0, 0.1) is 13.8 Å². The minimum Gasteiger partial charge on any atom is -0.372 e. The summed E-state index contributed by atoms with van der Waals surface area (Å²) < 4.78 is 11.8. The minimum absolute atomic E-state index is 0.611. The van der Waals surface area contributed by atoms with Crippen LogP contribution in [0.3, 0.4) is 0 Å². The van der Waals surface area contributed by atoms with Gasteiger partial charge in [-0.15, -0.1) is 0 Å². The number of aryl methyl sites for hydroxylation is 2. The van der Waals surface area contributed by atoms with Crippen LogP contribution in [0.2, 0.25) is 0 Å². The van der Waals surface area contributed by atoms with Crippen LogP contribution in [0.15, 0.2) is 72.8 Å². The van der Waals surface area contributed by atoms with Gasteiger partial charge in [-0.05, 0) is 47.2 Å². The van der Waals surface area contributed by atoms with Crippen LogP contribution in [0.4, 0.5) is 0 Å². The molecule has 0 aromatic heterocycles. The van der Waals surface area contributed by atoms with Crippen LogP contribution in [-0.4, -0.2) is 0 Å². The van der Waals surface area contributed by atoms with Crippen molar-refractivity contribution in [1.29, 1.82) is 0 Å². The molecule has 0 N–H and O–H groups in total. The highest BCUT2D eigenvalue weighted by atomic mass is 16.5. The van der Waals surface area contributed by atoms with E-state index in [1.54, 1.807) is 0 Å². The minimum atomic E-state index is 0.611. The number of ether oxygens (including phenoxy) is 2. The number of hydrogen-bond donors (Lipinski definition) is 0. The van der Waals surface area contributed by atoms with Gasteiger partial charge in [-0.3, -0.25) is 0 Å². The second kappa shape index (κ2) is 9.33. The Balaban J connectivity index is 1.48. The maximum absolute atomic E-state index is 5.89. The van der Waals surface area contributed by atoms with Crippen LogP contribution >= 0.6 is 0 Å². The van der Waals surface area contributed by atoms with Crippen molar-refractivity contribution in [2.75, 3.05) is 0 Å². The fourth-order valence-electron chi connectivity index (χ4n) is 2.91. The summed E-state index contributed by atoms with van der Waals surface area (Å²) in [7, 11) is 0. The van der Waals surface area contributed by atoms with E-state index in [2.05, 4.69) is 86.6 Å². The molecule has 26 heavy (non-hydrogen) atoms. The van der Waals surface area contributed by atoms with Crippen molar-refractivity contribution in [2.45, 2.75) is 40.3 Å². The third kappa shape index (κ3) is 5.29. The third-order valence-corrected chi connectivity index (χ3v) is 4.57. The van der Waals surface area contributed by atoms with Gasteiger partial charge < -0.3 is 9.47 Å². The van der Waals surface area contributed by atoms with Gasteiger partial charge in [0.2, 0.25) is 0 Å². The fraction of sp³-hybridized carbons (Fsp3) is 0.250. The van der Waals surface area contributed by atoms with E-state index in [0.717, 1.165) is 0 Å². The molecule has 0 spiro atoms. The van der Waals surface area contributed by atoms with E-state index in [4.69, 9.17) is 9.47 Å². The molecule has 3 aromatic carbocycles. The fourth-order valence-corrected chi connectivity index (χ4v) is 2.91. The molecule has 0 saturated carbocycles. The number of rotatable bonds is 8. The van der Waals surface area contributed by atoms with Crippen LogP contribution in [0.25, 0.3) is 0 Å². The van der Waals surface area contributed by atoms with Crippen molar-refractivity contribution in [1.82, 2.24) is 0 Å². The van der Waals surface area contributed by atoms with Crippen molar-refractivity contribution >= 4 is 0 Å². The Labute approximate surface area is 156 Å². The molecule has 134 valence electrons. The summed E-state index contributed by atoms with van der Waals surface area (Å²) in [4.78, 5) is 0. The highest BCUT2D eigenvalue weighted by molar-refractivity contribution is 5.26. The largest absolute Gasteiger partial charge is 0.372 e. The van der Waals surface area contributed by atoms with Crippen molar-refractivity contribution in [3.05, 3.63) is 106 Å². The van der Waals surface area contributed by atoms with Gasteiger partial charge in [-0.1, -0.05) is 72.8 Å². The highest BCUT2D eigenvalue weighted by Gasteiger charge is 2.01. The monoisotopic (exact) mass is 346 g/mol. The van der Waals surface area contributed by atoms with Gasteiger partial charge in [0.15, 0.2) is 0 Å². The molecule has 3 aromatic rings. The molecular weight excluding hydrogens is 320 g/mol. The average molecular weight is 346 g/mol. The molecule has 0 aliphatic rings. The Kier molecular flexibility index (Phi) is 6.59. The molecule has 0 aliphatic heterocycles. The molecule has 0 heterocycles. The van der Waals surface area contributed by atoms with Gasteiger partial charge in [-0.2, -0.15) is 0 Å². The van der Waals surface area contributed by atoms with E-state index in [1.807, 2.05) is 0 Å². The second-order valence-corrected chi connectivity index (χ2v) is 6.66. The second-order valence-electron chi connectivity index (χ2n) is 6.66. The summed E-state index contributed by atoms with van der Waals surface area (Å²) in [5.41, 5.74) is 7.37. The van der Waals surface area contributed by atoms with Crippen molar-refractivity contribution in [3.63, 3.8) is 0 Å². The molecule has 0 amide bonds. The molecule has 2 nitrogen and oxygen atoms in total. The van der Waals surface area contributed by atoms with E-state index < -0.39 is 0 Å². The highest BCUT2D eigenvalue weighted by Crippen LogP contribution is 2.14. The Morgan fingerprint density at radius 2 is 1.00 bits per heavy atom. The summed E-state index contributed by atoms with van der Waals surface area (Å²) in [5.74, 6) is 0. The summed E-state index contributed by atoms with van der Waals surface area (Å²) in [6.07, 6.45) is 0. The first kappa shape index (κ1) is 18.4. The Bertz CT molecular complexity index is 772. The summed E-state index contributed by atoms with van der Waals surface area (Å²) in [6, 6.07) is 25.1. The van der Waals surface area contributed by atoms with Gasteiger partial charge in [0.1, 0.15) is 0 Å². The summed E-state index contributed by atoms with van der Waals surface area (Å²) in [5, 5.41) is 0. The lowest BCUT2D eigenvalue weighted by atomic mass is 10.1. The van der Waals surface area contributed by atoms with Gasteiger partial charge in [-0.25, -0.2) is 0 Å². The lowest BCUT2D eigenvalue weighted by Gasteiger charge is -2.10. The van der Waals surface area contributed by atoms with Crippen molar-refractivity contribution in [3.8, 4) is 0 Å². The molecule has 0 unspecified atom stereocenters. The predicted molar refractivity (Wildman–Crippen MR) is 106 cm³/mol. The maximum atomic E-state index is 5.89. The van der Waals surface area contributed by atoms with E-state index in [9.17, 15) is 0 Å². The number of benzene rings is 3. The quantitative estimate of drug-likeness (QED) is 0.518. The predicted octanol–water partition coefficient (Wildman–Crippen LogP) is 5.74. The zero-order valence-electron chi connectivity index (χ0n) is 15.6. The van der Waals surface area contributed by atoms with Crippen LogP contribution in [0.1, 0.15) is 33.4 Å². The van der Waals surface area contributed by atoms with Crippen molar-refractivity contribution in [2.24, 2.45) is 0 Å². The van der Waals surface area contributed by atoms with E-state index >= 15 is 0 Å². The van der Waals surface area contributed by atoms with E-state index in [-0.39, 0.29) is 0 Å². The van der Waals surface area contributed by atoms with Gasteiger partial charge in [0.05, 0.1) is 26.4 Å². The Hall–Kier alpha value is -2.42. The zero-order chi connectivity index (χ0) is 18.2. The average Bonchev–Trinajstić information content (AvgIpc) is 2.65. The molecule has 0 atom stereocenters. The number of hydrogen-bond acceptors (Lipinski definition) is 2. The molecule has 2 heteroatoms. The molecule has 0 aliphatic carbocycles. The summed E-state index contributed by atoms with van der Waals surface area (Å²) >= 11 is 0. The van der Waals surface area contributed by atoms with E-state index in [1.165, 1.54) is 33.4 Å². The first-order valence-electron chi connectivity index (χ1n) is 9.04.